The number of piperidine rings is 1. The number of nitrogens with one attached hydrogen (secondary N) is 1. The lowest BCUT2D eigenvalue weighted by Crippen LogP contribution is -2.45. The Balaban J connectivity index is 0.00000338. The summed E-state index contributed by atoms with van der Waals surface area (Å²) in [5, 5.41) is 13.6. The van der Waals surface area contributed by atoms with Crippen LogP contribution >= 0.6 is 12.4 Å². The molecule has 0 bridgehead atoms. The summed E-state index contributed by atoms with van der Waals surface area (Å²) in [6.07, 6.45) is 3.10. The molecule has 0 radical (unpaired) electrons. The zero-order valence-electron chi connectivity index (χ0n) is 15.6. The average molecular weight is 409 g/mol. The van der Waals surface area contributed by atoms with Gasteiger partial charge in [-0.1, -0.05) is 12.1 Å². The molecule has 0 spiro atoms. The minimum Gasteiger partial charge on any atom is -0.387 e. The second-order valence-corrected chi connectivity index (χ2v) is 9.63. The first-order valence-electron chi connectivity index (χ1n) is 8.70. The molecule has 1 aromatic carbocycles. The largest absolute Gasteiger partial charge is 0.387 e. The van der Waals surface area contributed by atoms with Crippen molar-refractivity contribution in [2.45, 2.75) is 44.8 Å². The van der Waals surface area contributed by atoms with Crippen molar-refractivity contribution in [1.82, 2.24) is 9.62 Å². The van der Waals surface area contributed by atoms with E-state index >= 15 is 0 Å². The first kappa shape index (κ1) is 23.3. The minimum atomic E-state index is -3.09. The van der Waals surface area contributed by atoms with Gasteiger partial charge in [-0.2, -0.15) is 0 Å². The van der Waals surface area contributed by atoms with Gasteiger partial charge in [0.1, 0.15) is 5.82 Å². The third-order valence-corrected chi connectivity index (χ3v) is 6.15. The maximum Gasteiger partial charge on any atom is 0.211 e. The Hall–Kier alpha value is -0.730. The van der Waals surface area contributed by atoms with Gasteiger partial charge in [0, 0.05) is 25.2 Å². The molecular weight excluding hydrogens is 379 g/mol. The second kappa shape index (κ2) is 9.46. The fourth-order valence-corrected chi connectivity index (χ4v) is 4.32. The van der Waals surface area contributed by atoms with Gasteiger partial charge >= 0.3 is 0 Å². The van der Waals surface area contributed by atoms with Gasteiger partial charge in [0.2, 0.25) is 10.0 Å². The number of halogens is 2. The van der Waals surface area contributed by atoms with Crippen LogP contribution in [0, 0.1) is 11.7 Å². The quantitative estimate of drug-likeness (QED) is 0.727. The van der Waals surface area contributed by atoms with Crippen molar-refractivity contribution in [3.63, 3.8) is 0 Å². The molecule has 1 aliphatic rings. The van der Waals surface area contributed by atoms with Crippen molar-refractivity contribution in [1.29, 1.82) is 0 Å². The summed E-state index contributed by atoms with van der Waals surface area (Å²) in [5.41, 5.74) is 0.372. The smallest absolute Gasteiger partial charge is 0.211 e. The highest BCUT2D eigenvalue weighted by Gasteiger charge is 2.29. The lowest BCUT2D eigenvalue weighted by Gasteiger charge is -2.36. The lowest BCUT2D eigenvalue weighted by atomic mass is 9.85. The van der Waals surface area contributed by atoms with E-state index in [1.807, 2.05) is 0 Å². The molecule has 1 fully saturated rings. The highest BCUT2D eigenvalue weighted by molar-refractivity contribution is 7.88. The van der Waals surface area contributed by atoms with Crippen molar-refractivity contribution in [2.24, 2.45) is 5.92 Å². The number of rotatable bonds is 7. The van der Waals surface area contributed by atoms with Crippen LogP contribution in [0.4, 0.5) is 4.39 Å². The van der Waals surface area contributed by atoms with Gasteiger partial charge in [-0.25, -0.2) is 17.1 Å². The fourth-order valence-electron chi connectivity index (χ4n) is 3.44. The molecule has 2 N–H and O–H groups in total. The van der Waals surface area contributed by atoms with E-state index in [1.165, 1.54) is 22.7 Å². The maximum absolute atomic E-state index is 13.2. The monoisotopic (exact) mass is 408 g/mol. The summed E-state index contributed by atoms with van der Waals surface area (Å²) in [4.78, 5) is 0. The van der Waals surface area contributed by atoms with Gasteiger partial charge in [0.05, 0.1) is 12.4 Å². The number of β-amino-alcohol motifs (C(OH)–C–C–N with tert-alkyl or cyclic N) is 1. The average Bonchev–Trinajstić information content (AvgIpc) is 2.52. The maximum atomic E-state index is 13.2. The number of aliphatic hydroxyl groups is 1. The van der Waals surface area contributed by atoms with E-state index in [9.17, 15) is 17.9 Å². The molecule has 0 saturated carbocycles. The number of benzene rings is 1. The van der Waals surface area contributed by atoms with Crippen molar-refractivity contribution in [3.8, 4) is 0 Å². The van der Waals surface area contributed by atoms with Crippen molar-refractivity contribution in [2.75, 3.05) is 25.9 Å². The standard InChI is InChI=1S/C18H29FN2O3S.ClH/c1-18(2,12-14-7-9-21(10-8-14)25(3,23)24)20-13-17(22)15-5-4-6-16(19)11-15;/h4-6,11,14,17,20,22H,7-10,12-13H2,1-3H3;1H/t17-;/m0./s1. The third kappa shape index (κ3) is 7.12. The lowest BCUT2D eigenvalue weighted by molar-refractivity contribution is 0.148. The van der Waals surface area contributed by atoms with E-state index in [0.717, 1.165) is 19.3 Å². The summed E-state index contributed by atoms with van der Waals surface area (Å²) in [5.74, 6) is 0.0975. The van der Waals surface area contributed by atoms with Gasteiger partial charge in [0.25, 0.3) is 0 Å². The van der Waals surface area contributed by atoms with E-state index in [1.54, 1.807) is 12.1 Å². The van der Waals surface area contributed by atoms with Gasteiger partial charge in [0.15, 0.2) is 0 Å². The molecule has 26 heavy (non-hydrogen) atoms. The Morgan fingerprint density at radius 3 is 2.50 bits per heavy atom. The molecule has 0 aromatic heterocycles. The van der Waals surface area contributed by atoms with Gasteiger partial charge in [-0.15, -0.1) is 12.4 Å². The summed E-state index contributed by atoms with van der Waals surface area (Å²) in [7, 11) is -3.09. The Bertz CT molecular complexity index is 677. The van der Waals surface area contributed by atoms with Crippen LogP contribution in [0.1, 0.15) is 44.8 Å². The van der Waals surface area contributed by atoms with E-state index in [4.69, 9.17) is 0 Å². The summed E-state index contributed by atoms with van der Waals surface area (Å²) in [6.45, 7) is 5.65. The predicted molar refractivity (Wildman–Crippen MR) is 104 cm³/mol. The molecule has 150 valence electrons. The van der Waals surface area contributed by atoms with Crippen LogP contribution in [0.3, 0.4) is 0 Å². The summed E-state index contributed by atoms with van der Waals surface area (Å²) < 4.78 is 37.9. The highest BCUT2D eigenvalue weighted by atomic mass is 35.5. The SMILES string of the molecule is CC(C)(CC1CCN(S(C)(=O)=O)CC1)NC[C@H](O)c1cccc(F)c1.Cl. The minimum absolute atomic E-state index is 0. The molecule has 8 heteroatoms. The molecule has 1 saturated heterocycles. The van der Waals surface area contributed by atoms with Crippen LogP contribution in [0.15, 0.2) is 24.3 Å². The second-order valence-electron chi connectivity index (χ2n) is 7.65. The van der Waals surface area contributed by atoms with E-state index in [-0.39, 0.29) is 23.8 Å². The number of aliphatic hydroxyl groups excluding tert-OH is 1. The van der Waals surface area contributed by atoms with Gasteiger partial charge < -0.3 is 10.4 Å². The van der Waals surface area contributed by atoms with E-state index in [0.29, 0.717) is 31.1 Å². The van der Waals surface area contributed by atoms with Gasteiger partial charge in [-0.05, 0) is 56.7 Å². The number of hydrogen-bond donors (Lipinski definition) is 2. The van der Waals surface area contributed by atoms with Crippen LogP contribution in [-0.2, 0) is 10.0 Å². The van der Waals surface area contributed by atoms with Crippen molar-refractivity contribution in [3.05, 3.63) is 35.6 Å². The summed E-state index contributed by atoms with van der Waals surface area (Å²) in [6, 6.07) is 6.01. The molecule has 1 atom stereocenters. The molecule has 1 aliphatic heterocycles. The highest BCUT2D eigenvalue weighted by Crippen LogP contribution is 2.27. The molecule has 1 aromatic rings. The zero-order valence-corrected chi connectivity index (χ0v) is 17.2. The van der Waals surface area contributed by atoms with Crippen molar-refractivity contribution < 1.29 is 17.9 Å². The van der Waals surface area contributed by atoms with E-state index in [2.05, 4.69) is 19.2 Å². The number of hydrogen-bond acceptors (Lipinski definition) is 4. The Kier molecular flexibility index (Phi) is 8.48. The third-order valence-electron chi connectivity index (χ3n) is 4.85. The molecule has 0 unspecified atom stereocenters. The predicted octanol–water partition coefficient (Wildman–Crippen LogP) is 2.71. The van der Waals surface area contributed by atoms with Crippen LogP contribution in [0.2, 0.25) is 0 Å². The van der Waals surface area contributed by atoms with Crippen LogP contribution in [0.25, 0.3) is 0 Å². The van der Waals surface area contributed by atoms with E-state index < -0.39 is 16.1 Å². The number of sulfonamides is 1. The van der Waals surface area contributed by atoms with Crippen LogP contribution in [0.5, 0.6) is 0 Å². The normalized spacial score (nSPS) is 18.3. The Morgan fingerprint density at radius 2 is 1.96 bits per heavy atom. The first-order valence-corrected chi connectivity index (χ1v) is 10.6. The van der Waals surface area contributed by atoms with Crippen LogP contribution < -0.4 is 5.32 Å². The summed E-state index contributed by atoms with van der Waals surface area (Å²) >= 11 is 0. The molecular formula is C18H30ClFN2O3S. The fraction of sp³-hybridized carbons (Fsp3) is 0.667. The molecule has 1 heterocycles. The zero-order chi connectivity index (χ0) is 18.7. The molecule has 5 nitrogen and oxygen atoms in total. The Morgan fingerprint density at radius 1 is 1.35 bits per heavy atom. The topological polar surface area (TPSA) is 69.6 Å². The van der Waals surface area contributed by atoms with Crippen molar-refractivity contribution >= 4 is 22.4 Å². The first-order chi connectivity index (χ1) is 11.6. The molecule has 0 aliphatic carbocycles. The van der Waals surface area contributed by atoms with Crippen LogP contribution in [-0.4, -0.2) is 49.3 Å². The Labute approximate surface area is 162 Å². The number of nitrogens with zero attached hydrogens (tertiary/aromatic N) is 1. The molecule has 0 amide bonds. The molecule has 2 rings (SSSR count). The van der Waals surface area contributed by atoms with Gasteiger partial charge in [-0.3, -0.25) is 0 Å².